The number of nitrogens with one attached hydrogen (secondary N) is 1. The molecule has 3 aromatic rings. The molecule has 0 aliphatic heterocycles. The van der Waals surface area contributed by atoms with Gasteiger partial charge in [0.2, 0.25) is 11.8 Å². The zero-order chi connectivity index (χ0) is 20.6. The first-order chi connectivity index (χ1) is 14.1. The van der Waals surface area contributed by atoms with Crippen molar-refractivity contribution in [2.24, 2.45) is 0 Å². The van der Waals surface area contributed by atoms with Gasteiger partial charge in [-0.25, -0.2) is 0 Å². The lowest BCUT2D eigenvalue weighted by atomic mass is 10.2. The Morgan fingerprint density at radius 3 is 2.14 bits per heavy atom. The Kier molecular flexibility index (Phi) is 6.47. The lowest BCUT2D eigenvalue weighted by Gasteiger charge is -2.22. The van der Waals surface area contributed by atoms with E-state index in [1.807, 2.05) is 30.3 Å². The topological polar surface area (TPSA) is 67.9 Å². The van der Waals surface area contributed by atoms with Crippen molar-refractivity contribution in [3.63, 3.8) is 0 Å². The fourth-order valence-corrected chi connectivity index (χ4v) is 2.79. The minimum Gasteiger partial charge on any atom is -0.495 e. The van der Waals surface area contributed by atoms with Crippen LogP contribution in [0.4, 0.5) is 11.4 Å². The molecule has 6 heteroatoms. The molecule has 2 amide bonds. The molecule has 29 heavy (non-hydrogen) atoms. The van der Waals surface area contributed by atoms with Gasteiger partial charge >= 0.3 is 0 Å². The molecule has 0 aliphatic rings. The molecule has 0 aromatic heterocycles. The second kappa shape index (κ2) is 9.41. The largest absolute Gasteiger partial charge is 0.495 e. The van der Waals surface area contributed by atoms with Gasteiger partial charge in [0.1, 0.15) is 23.8 Å². The van der Waals surface area contributed by atoms with Gasteiger partial charge in [-0.2, -0.15) is 0 Å². The third kappa shape index (κ3) is 5.35. The molecule has 3 aromatic carbocycles. The number of amides is 2. The van der Waals surface area contributed by atoms with Crippen LogP contribution >= 0.6 is 0 Å². The molecule has 0 atom stereocenters. The first-order valence-corrected chi connectivity index (χ1v) is 9.11. The van der Waals surface area contributed by atoms with Crippen LogP contribution < -0.4 is 19.7 Å². The monoisotopic (exact) mass is 390 g/mol. The van der Waals surface area contributed by atoms with Crippen molar-refractivity contribution in [3.05, 3.63) is 78.9 Å². The Morgan fingerprint density at radius 1 is 0.862 bits per heavy atom. The Morgan fingerprint density at radius 2 is 1.48 bits per heavy atom. The molecule has 148 valence electrons. The van der Waals surface area contributed by atoms with Crippen LogP contribution in [0.2, 0.25) is 0 Å². The van der Waals surface area contributed by atoms with Gasteiger partial charge in [-0.15, -0.1) is 0 Å². The van der Waals surface area contributed by atoms with E-state index in [1.54, 1.807) is 48.5 Å². The number of nitrogens with zero attached hydrogens (tertiary/aromatic N) is 1. The molecule has 1 N–H and O–H groups in total. The molecular weight excluding hydrogens is 368 g/mol. The summed E-state index contributed by atoms with van der Waals surface area (Å²) in [6.07, 6.45) is 0. The number of benzene rings is 3. The summed E-state index contributed by atoms with van der Waals surface area (Å²) in [5.74, 6) is 1.35. The zero-order valence-electron chi connectivity index (χ0n) is 16.3. The molecule has 0 saturated heterocycles. The number of carbonyl (C=O) groups excluding carboxylic acids is 2. The number of methoxy groups -OCH3 is 1. The van der Waals surface area contributed by atoms with Crippen molar-refractivity contribution in [2.75, 3.05) is 23.9 Å². The number of carbonyl (C=O) groups is 2. The molecule has 0 radical (unpaired) electrons. The highest BCUT2D eigenvalue weighted by Gasteiger charge is 2.19. The Labute approximate surface area is 169 Å². The molecular formula is C23H22N2O4. The van der Waals surface area contributed by atoms with Gasteiger partial charge < -0.3 is 14.8 Å². The standard InChI is InChI=1S/C23H22N2O4/c1-17(26)25(21-10-6-7-11-22(21)28-2)16-23(27)24-18-12-14-20(15-13-18)29-19-8-4-3-5-9-19/h3-15H,16H2,1-2H3,(H,24,27). The van der Waals surface area contributed by atoms with Crippen molar-refractivity contribution < 1.29 is 19.1 Å². The minimum atomic E-state index is -0.317. The van der Waals surface area contributed by atoms with Gasteiger partial charge in [0.25, 0.3) is 0 Å². The normalized spacial score (nSPS) is 10.1. The quantitative estimate of drug-likeness (QED) is 0.646. The van der Waals surface area contributed by atoms with E-state index >= 15 is 0 Å². The van der Waals surface area contributed by atoms with Crippen LogP contribution in [0.25, 0.3) is 0 Å². The van der Waals surface area contributed by atoms with Gasteiger partial charge in [0.15, 0.2) is 0 Å². The predicted octanol–water partition coefficient (Wildman–Crippen LogP) is 4.48. The number of rotatable bonds is 7. The van der Waals surface area contributed by atoms with E-state index in [4.69, 9.17) is 9.47 Å². The number of para-hydroxylation sites is 3. The van der Waals surface area contributed by atoms with E-state index in [1.165, 1.54) is 18.9 Å². The molecule has 0 bridgehead atoms. The van der Waals surface area contributed by atoms with Crippen LogP contribution in [0.5, 0.6) is 17.2 Å². The maximum Gasteiger partial charge on any atom is 0.244 e. The van der Waals surface area contributed by atoms with Gasteiger partial charge in [-0.1, -0.05) is 30.3 Å². The summed E-state index contributed by atoms with van der Waals surface area (Å²) in [6.45, 7) is 1.29. The fraction of sp³-hybridized carbons (Fsp3) is 0.130. The maximum absolute atomic E-state index is 12.5. The second-order valence-electron chi connectivity index (χ2n) is 6.26. The average Bonchev–Trinajstić information content (AvgIpc) is 2.74. The maximum atomic E-state index is 12.5. The fourth-order valence-electron chi connectivity index (χ4n) is 2.79. The van der Waals surface area contributed by atoms with E-state index in [0.717, 1.165) is 5.75 Å². The molecule has 0 saturated carbocycles. The van der Waals surface area contributed by atoms with E-state index in [0.29, 0.717) is 22.9 Å². The number of ether oxygens (including phenoxy) is 2. The van der Waals surface area contributed by atoms with Crippen molar-refractivity contribution in [1.29, 1.82) is 0 Å². The third-order valence-corrected chi connectivity index (χ3v) is 4.17. The van der Waals surface area contributed by atoms with Crippen molar-refractivity contribution in [1.82, 2.24) is 0 Å². The van der Waals surface area contributed by atoms with Gasteiger partial charge in [0.05, 0.1) is 12.8 Å². The molecule has 6 nitrogen and oxygen atoms in total. The smallest absolute Gasteiger partial charge is 0.244 e. The molecule has 0 heterocycles. The van der Waals surface area contributed by atoms with Gasteiger partial charge in [-0.05, 0) is 48.5 Å². The first kappa shape index (κ1) is 19.9. The summed E-state index contributed by atoms with van der Waals surface area (Å²) in [5, 5.41) is 2.80. The van der Waals surface area contributed by atoms with E-state index in [9.17, 15) is 9.59 Å². The van der Waals surface area contributed by atoms with Crippen molar-refractivity contribution in [2.45, 2.75) is 6.92 Å². The van der Waals surface area contributed by atoms with Crippen LogP contribution in [-0.4, -0.2) is 25.5 Å². The summed E-state index contributed by atoms with van der Waals surface area (Å²) < 4.78 is 11.0. The highest BCUT2D eigenvalue weighted by Crippen LogP contribution is 2.28. The van der Waals surface area contributed by atoms with Crippen LogP contribution in [0.3, 0.4) is 0 Å². The molecule has 0 spiro atoms. The van der Waals surface area contributed by atoms with E-state index in [2.05, 4.69) is 5.32 Å². The molecule has 3 rings (SSSR count). The first-order valence-electron chi connectivity index (χ1n) is 9.11. The zero-order valence-corrected chi connectivity index (χ0v) is 16.3. The van der Waals surface area contributed by atoms with Gasteiger partial charge in [-0.3, -0.25) is 14.5 Å². The SMILES string of the molecule is COc1ccccc1N(CC(=O)Nc1ccc(Oc2ccccc2)cc1)C(C)=O. The highest BCUT2D eigenvalue weighted by molar-refractivity contribution is 6.02. The Balaban J connectivity index is 1.65. The Bertz CT molecular complexity index is 972. The van der Waals surface area contributed by atoms with E-state index < -0.39 is 0 Å². The lowest BCUT2D eigenvalue weighted by Crippen LogP contribution is -2.36. The molecule has 0 fully saturated rings. The summed E-state index contributed by atoms with van der Waals surface area (Å²) in [5.41, 5.74) is 1.16. The summed E-state index contributed by atoms with van der Waals surface area (Å²) >= 11 is 0. The van der Waals surface area contributed by atoms with Crippen molar-refractivity contribution >= 4 is 23.2 Å². The average molecular weight is 390 g/mol. The number of hydrogen-bond donors (Lipinski definition) is 1. The van der Waals surface area contributed by atoms with Gasteiger partial charge in [0, 0.05) is 12.6 Å². The van der Waals surface area contributed by atoms with E-state index in [-0.39, 0.29) is 18.4 Å². The van der Waals surface area contributed by atoms with Crippen molar-refractivity contribution in [3.8, 4) is 17.2 Å². The highest BCUT2D eigenvalue weighted by atomic mass is 16.5. The number of hydrogen-bond acceptors (Lipinski definition) is 4. The summed E-state index contributed by atoms with van der Waals surface area (Å²) in [4.78, 5) is 26.0. The van der Waals surface area contributed by atoms with Crippen LogP contribution in [0, 0.1) is 0 Å². The predicted molar refractivity (Wildman–Crippen MR) is 113 cm³/mol. The molecule has 0 unspecified atom stereocenters. The van der Waals surface area contributed by atoms with Crippen LogP contribution in [-0.2, 0) is 9.59 Å². The Hall–Kier alpha value is -3.80. The summed E-state index contributed by atoms with van der Waals surface area (Å²) in [6, 6.07) is 23.5. The lowest BCUT2D eigenvalue weighted by molar-refractivity contribution is -0.120. The third-order valence-electron chi connectivity index (χ3n) is 4.17. The molecule has 0 aliphatic carbocycles. The second-order valence-corrected chi connectivity index (χ2v) is 6.26. The summed E-state index contributed by atoms with van der Waals surface area (Å²) in [7, 11) is 1.52. The number of anilines is 2. The van der Waals surface area contributed by atoms with Crippen LogP contribution in [0.15, 0.2) is 78.9 Å². The van der Waals surface area contributed by atoms with Crippen LogP contribution in [0.1, 0.15) is 6.92 Å². The minimum absolute atomic E-state index is 0.127.